The van der Waals surface area contributed by atoms with Crippen LogP contribution in [0, 0.1) is 0 Å². The van der Waals surface area contributed by atoms with E-state index >= 15 is 0 Å². The minimum atomic E-state index is -0.778. The fourth-order valence-electron chi connectivity index (χ4n) is 6.71. The number of carbonyl (C=O) groups is 1. The van der Waals surface area contributed by atoms with E-state index in [1.807, 2.05) is 42.2 Å². The molecule has 6 rings (SSSR count). The van der Waals surface area contributed by atoms with E-state index in [4.69, 9.17) is 11.6 Å². The summed E-state index contributed by atoms with van der Waals surface area (Å²) in [6.07, 6.45) is 6.67. The molecule has 6 nitrogen and oxygen atoms in total. The molecule has 2 saturated heterocycles. The Morgan fingerprint density at radius 1 is 1.11 bits per heavy atom. The summed E-state index contributed by atoms with van der Waals surface area (Å²) >= 11 is 6.39. The number of halogens is 1. The topological polar surface area (TPSA) is 62.8 Å². The molecule has 2 aromatic carbocycles. The van der Waals surface area contributed by atoms with E-state index in [2.05, 4.69) is 21.4 Å². The average Bonchev–Trinajstić information content (AvgIpc) is 3.14. The summed E-state index contributed by atoms with van der Waals surface area (Å²) in [5, 5.41) is 12.1. The molecule has 0 radical (unpaired) electrons. The summed E-state index contributed by atoms with van der Waals surface area (Å²) in [4.78, 5) is 24.4. The second-order valence-corrected chi connectivity index (χ2v) is 11.4. The largest absolute Gasteiger partial charge is 0.508 e. The standard InChI is InChI=1S/C30H35ClN4O2/c1-20-34(16-8-15-33-13-5-3-4-6-14-33)29(37)30(2)19-25-24-18-22(31)11-12-26(24)32-27(25)28(35(20)30)21-9-7-10-23(36)17-21/h7,9-12,17-18,28,32,36H,1,3-6,8,13-16,19H2,2H3/t28-,30+/m1/s1. The molecule has 0 unspecified atom stereocenters. The maximum Gasteiger partial charge on any atom is 0.254 e. The summed E-state index contributed by atoms with van der Waals surface area (Å²) in [5.74, 6) is 1.04. The number of likely N-dealkylation sites (tertiary alicyclic amines) is 1. The number of hydrogen-bond donors (Lipinski definition) is 2. The molecule has 3 aliphatic rings. The van der Waals surface area contributed by atoms with Crippen LogP contribution in [0.4, 0.5) is 0 Å². The summed E-state index contributed by atoms with van der Waals surface area (Å²) in [5.41, 5.74) is 3.28. The molecule has 2 fully saturated rings. The summed E-state index contributed by atoms with van der Waals surface area (Å²) in [7, 11) is 0. The number of phenolic OH excluding ortho intramolecular Hbond substituents is 1. The van der Waals surface area contributed by atoms with Crippen LogP contribution in [0.3, 0.4) is 0 Å². The number of amides is 1. The number of rotatable bonds is 5. The highest BCUT2D eigenvalue weighted by molar-refractivity contribution is 6.31. The lowest BCUT2D eigenvalue weighted by Gasteiger charge is -2.44. The number of fused-ring (bicyclic) bond motifs is 4. The van der Waals surface area contributed by atoms with Crippen LogP contribution in [0.15, 0.2) is 54.9 Å². The Kier molecular flexibility index (Phi) is 6.20. The molecular weight excluding hydrogens is 484 g/mol. The van der Waals surface area contributed by atoms with E-state index < -0.39 is 5.54 Å². The lowest BCUT2D eigenvalue weighted by atomic mass is 9.81. The zero-order valence-corrected chi connectivity index (χ0v) is 22.2. The molecule has 4 heterocycles. The van der Waals surface area contributed by atoms with Gasteiger partial charge in [-0.05, 0) is 87.3 Å². The Morgan fingerprint density at radius 2 is 1.89 bits per heavy atom. The van der Waals surface area contributed by atoms with E-state index in [1.165, 1.54) is 25.7 Å². The first-order valence-electron chi connectivity index (χ1n) is 13.5. The van der Waals surface area contributed by atoms with E-state index in [-0.39, 0.29) is 17.7 Å². The second kappa shape index (κ2) is 9.41. The number of aromatic hydroxyl groups is 1. The molecule has 0 bridgehead atoms. The van der Waals surface area contributed by atoms with Crippen molar-refractivity contribution < 1.29 is 9.90 Å². The van der Waals surface area contributed by atoms with Crippen molar-refractivity contribution in [3.63, 3.8) is 0 Å². The predicted molar refractivity (Wildman–Crippen MR) is 148 cm³/mol. The Bertz CT molecular complexity index is 1360. The Morgan fingerprint density at radius 3 is 2.65 bits per heavy atom. The lowest BCUT2D eigenvalue weighted by Crippen LogP contribution is -2.52. The summed E-state index contributed by atoms with van der Waals surface area (Å²) in [6, 6.07) is 12.9. The fourth-order valence-corrected chi connectivity index (χ4v) is 6.88. The van der Waals surface area contributed by atoms with Crippen LogP contribution < -0.4 is 0 Å². The van der Waals surface area contributed by atoms with Crippen molar-refractivity contribution in [3.8, 4) is 5.75 Å². The van der Waals surface area contributed by atoms with Crippen molar-refractivity contribution in [2.75, 3.05) is 26.2 Å². The number of hydrogen-bond acceptors (Lipinski definition) is 4. The van der Waals surface area contributed by atoms with Crippen molar-refractivity contribution >= 4 is 28.4 Å². The van der Waals surface area contributed by atoms with E-state index in [9.17, 15) is 9.90 Å². The zero-order chi connectivity index (χ0) is 25.7. The van der Waals surface area contributed by atoms with Gasteiger partial charge in [0.25, 0.3) is 5.91 Å². The van der Waals surface area contributed by atoms with Crippen LogP contribution in [0.2, 0.25) is 5.02 Å². The van der Waals surface area contributed by atoms with Crippen molar-refractivity contribution in [2.45, 2.75) is 57.0 Å². The maximum atomic E-state index is 14.1. The van der Waals surface area contributed by atoms with Gasteiger partial charge in [0.05, 0.1) is 6.04 Å². The highest BCUT2D eigenvalue weighted by Gasteiger charge is 2.57. The molecule has 194 valence electrons. The number of nitrogens with one attached hydrogen (secondary N) is 1. The monoisotopic (exact) mass is 518 g/mol. The molecule has 3 aliphatic heterocycles. The number of H-pyrrole nitrogens is 1. The van der Waals surface area contributed by atoms with Gasteiger partial charge in [-0.15, -0.1) is 0 Å². The van der Waals surface area contributed by atoms with Gasteiger partial charge < -0.3 is 19.9 Å². The van der Waals surface area contributed by atoms with Crippen molar-refractivity contribution in [1.82, 2.24) is 19.7 Å². The number of carbonyl (C=O) groups excluding carboxylic acids is 1. The first-order chi connectivity index (χ1) is 17.9. The van der Waals surface area contributed by atoms with Gasteiger partial charge in [0.1, 0.15) is 17.1 Å². The average molecular weight is 519 g/mol. The summed E-state index contributed by atoms with van der Waals surface area (Å²) < 4.78 is 0. The molecule has 2 N–H and O–H groups in total. The number of phenols is 1. The van der Waals surface area contributed by atoms with E-state index in [1.54, 1.807) is 12.1 Å². The molecule has 37 heavy (non-hydrogen) atoms. The first kappa shape index (κ1) is 24.4. The Balaban J connectivity index is 1.36. The predicted octanol–water partition coefficient (Wildman–Crippen LogP) is 5.81. The number of aromatic nitrogens is 1. The highest BCUT2D eigenvalue weighted by atomic mass is 35.5. The lowest BCUT2D eigenvalue weighted by molar-refractivity contribution is -0.133. The van der Waals surface area contributed by atoms with Gasteiger partial charge in [-0.1, -0.05) is 43.2 Å². The van der Waals surface area contributed by atoms with Gasteiger partial charge in [0.15, 0.2) is 0 Å². The number of aromatic amines is 1. The van der Waals surface area contributed by atoms with Crippen LogP contribution in [0.5, 0.6) is 5.75 Å². The van der Waals surface area contributed by atoms with Gasteiger partial charge in [0.2, 0.25) is 0 Å². The van der Waals surface area contributed by atoms with Gasteiger partial charge in [-0.25, -0.2) is 0 Å². The minimum Gasteiger partial charge on any atom is -0.508 e. The quantitative estimate of drug-likeness (QED) is 0.447. The van der Waals surface area contributed by atoms with Gasteiger partial charge in [0, 0.05) is 34.6 Å². The molecular formula is C30H35ClN4O2. The molecule has 1 aromatic heterocycles. The molecule has 0 aliphatic carbocycles. The zero-order valence-electron chi connectivity index (χ0n) is 21.5. The van der Waals surface area contributed by atoms with E-state index in [0.29, 0.717) is 18.0 Å². The number of nitrogens with zero attached hydrogens (tertiary/aromatic N) is 3. The highest BCUT2D eigenvalue weighted by Crippen LogP contribution is 2.51. The van der Waals surface area contributed by atoms with Crippen LogP contribution in [0.25, 0.3) is 10.9 Å². The Labute approximate surface area is 223 Å². The van der Waals surface area contributed by atoms with Crippen molar-refractivity contribution in [2.24, 2.45) is 0 Å². The molecule has 0 spiro atoms. The van der Waals surface area contributed by atoms with E-state index in [0.717, 1.165) is 59.6 Å². The maximum absolute atomic E-state index is 14.1. The van der Waals surface area contributed by atoms with Gasteiger partial charge in [-0.2, -0.15) is 0 Å². The van der Waals surface area contributed by atoms with Crippen LogP contribution in [-0.4, -0.2) is 62.4 Å². The fraction of sp³-hybridized carbons (Fsp3) is 0.433. The molecule has 1 amide bonds. The normalized spacial score (nSPS) is 24.4. The van der Waals surface area contributed by atoms with Crippen LogP contribution in [-0.2, 0) is 11.2 Å². The van der Waals surface area contributed by atoms with Crippen molar-refractivity contribution in [3.05, 3.63) is 76.7 Å². The van der Waals surface area contributed by atoms with Crippen molar-refractivity contribution in [1.29, 1.82) is 0 Å². The second-order valence-electron chi connectivity index (χ2n) is 11.0. The van der Waals surface area contributed by atoms with Crippen LogP contribution in [0.1, 0.15) is 61.9 Å². The van der Waals surface area contributed by atoms with Gasteiger partial charge >= 0.3 is 0 Å². The summed E-state index contributed by atoms with van der Waals surface area (Å²) in [6.45, 7) is 10.5. The SMILES string of the molecule is C=C1N(CCCN2CCCCCC2)C(=O)[C@]2(C)Cc3c([nH]c4ccc(Cl)cc34)[C@@H](c3cccc(O)c3)N12. The smallest absolute Gasteiger partial charge is 0.254 e. The number of benzene rings is 2. The third-order valence-electron chi connectivity index (χ3n) is 8.52. The molecule has 7 heteroatoms. The first-order valence-corrected chi connectivity index (χ1v) is 13.9. The molecule has 2 atom stereocenters. The third kappa shape index (κ3) is 4.11. The van der Waals surface area contributed by atoms with Crippen LogP contribution >= 0.6 is 11.6 Å². The van der Waals surface area contributed by atoms with Gasteiger partial charge in [-0.3, -0.25) is 9.69 Å². The molecule has 0 saturated carbocycles. The third-order valence-corrected chi connectivity index (χ3v) is 8.76. The Hall–Kier alpha value is -2.96. The molecule has 3 aromatic rings. The minimum absolute atomic E-state index is 0.0977.